The molecule has 27 heavy (non-hydrogen) atoms. The number of allylic oxidation sites excluding steroid dienone is 1. The van der Waals surface area contributed by atoms with Crippen LogP contribution in [0.4, 0.5) is 0 Å². The van der Waals surface area contributed by atoms with Crippen molar-refractivity contribution in [1.82, 2.24) is 9.62 Å². The smallest absolute Gasteiger partial charge is 0.253 e. The largest absolute Gasteiger partial charge is 0.359 e. The number of carbonyl (C=O) groups is 1. The molecule has 6 nitrogen and oxygen atoms in total. The van der Waals surface area contributed by atoms with Crippen LogP contribution in [0.25, 0.3) is 0 Å². The fourth-order valence-electron chi connectivity index (χ4n) is 3.94. The molecule has 2 atom stereocenters. The van der Waals surface area contributed by atoms with Gasteiger partial charge in [0.15, 0.2) is 0 Å². The Morgan fingerprint density at radius 1 is 1.15 bits per heavy atom. The van der Waals surface area contributed by atoms with Gasteiger partial charge in [0.1, 0.15) is 12.2 Å². The maximum absolute atomic E-state index is 13.1. The number of nitrogens with zero attached hydrogens (tertiary/aromatic N) is 1. The molecule has 1 N–H and O–H groups in total. The first-order valence-corrected chi connectivity index (χ1v) is 10.8. The first kappa shape index (κ1) is 18.4. The highest BCUT2D eigenvalue weighted by molar-refractivity contribution is 7.93. The van der Waals surface area contributed by atoms with E-state index in [9.17, 15) is 13.2 Å². The van der Waals surface area contributed by atoms with Crippen LogP contribution in [0.5, 0.6) is 0 Å². The number of piperidine rings is 1. The monoisotopic (exact) mass is 388 g/mol. The van der Waals surface area contributed by atoms with Crippen molar-refractivity contribution in [2.45, 2.75) is 44.3 Å². The summed E-state index contributed by atoms with van der Waals surface area (Å²) in [5, 5.41) is 2.78. The SMILES string of the molecule is CC1OC2CC=C(S(=O)(=O)N3CCC(c4ccccc4)CC3)C=C2NC1=O. The number of fused-ring (bicyclic) bond motifs is 1. The Hall–Kier alpha value is -1.96. The number of carbonyl (C=O) groups excluding carboxylic acids is 1. The molecule has 7 heteroatoms. The Labute approximate surface area is 159 Å². The van der Waals surface area contributed by atoms with E-state index in [0.717, 1.165) is 12.8 Å². The molecule has 4 rings (SSSR count). The molecule has 0 bridgehead atoms. The van der Waals surface area contributed by atoms with E-state index in [-0.39, 0.29) is 16.9 Å². The van der Waals surface area contributed by atoms with Crippen LogP contribution in [-0.4, -0.2) is 43.9 Å². The van der Waals surface area contributed by atoms with Crippen molar-refractivity contribution >= 4 is 15.9 Å². The van der Waals surface area contributed by atoms with Gasteiger partial charge in [-0.05, 0) is 43.7 Å². The van der Waals surface area contributed by atoms with Crippen molar-refractivity contribution in [3.8, 4) is 0 Å². The highest BCUT2D eigenvalue weighted by Gasteiger charge is 2.36. The molecule has 1 aliphatic carbocycles. The van der Waals surface area contributed by atoms with E-state index in [4.69, 9.17) is 4.74 Å². The Kier molecular flexibility index (Phi) is 4.92. The average molecular weight is 388 g/mol. The van der Waals surface area contributed by atoms with Crippen LogP contribution in [0, 0.1) is 0 Å². The lowest BCUT2D eigenvalue weighted by atomic mass is 9.90. The second-order valence-corrected chi connectivity index (χ2v) is 9.23. The predicted octanol–water partition coefficient (Wildman–Crippen LogP) is 2.27. The molecule has 0 aromatic heterocycles. The van der Waals surface area contributed by atoms with Gasteiger partial charge in [0, 0.05) is 18.8 Å². The Morgan fingerprint density at radius 3 is 2.56 bits per heavy atom. The zero-order valence-electron chi connectivity index (χ0n) is 15.3. The molecule has 2 aliphatic heterocycles. The number of morpholine rings is 1. The number of hydrogen-bond acceptors (Lipinski definition) is 4. The van der Waals surface area contributed by atoms with Crippen LogP contribution >= 0.6 is 0 Å². The topological polar surface area (TPSA) is 75.7 Å². The number of benzene rings is 1. The quantitative estimate of drug-likeness (QED) is 0.862. The molecule has 0 saturated carbocycles. The maximum atomic E-state index is 13.1. The highest BCUT2D eigenvalue weighted by Crippen LogP contribution is 2.33. The number of sulfonamides is 1. The van der Waals surface area contributed by atoms with Crippen molar-refractivity contribution < 1.29 is 17.9 Å². The normalized spacial score (nSPS) is 27.4. The fraction of sp³-hybridized carbons (Fsp3) is 0.450. The molecule has 2 saturated heterocycles. The van der Waals surface area contributed by atoms with Crippen LogP contribution in [0.2, 0.25) is 0 Å². The zero-order valence-corrected chi connectivity index (χ0v) is 16.1. The summed E-state index contributed by atoms with van der Waals surface area (Å²) < 4.78 is 33.3. The van der Waals surface area contributed by atoms with Crippen LogP contribution in [0.15, 0.2) is 53.1 Å². The summed E-state index contributed by atoms with van der Waals surface area (Å²) in [7, 11) is -3.56. The molecule has 3 aliphatic rings. The molecule has 2 unspecified atom stereocenters. The third-order valence-corrected chi connectivity index (χ3v) is 7.47. The van der Waals surface area contributed by atoms with Gasteiger partial charge in [-0.2, -0.15) is 4.31 Å². The Bertz CT molecular complexity index is 884. The van der Waals surface area contributed by atoms with Gasteiger partial charge in [-0.25, -0.2) is 8.42 Å². The molecular weight excluding hydrogens is 364 g/mol. The lowest BCUT2D eigenvalue weighted by molar-refractivity contribution is -0.138. The molecule has 1 amide bonds. The number of rotatable bonds is 3. The summed E-state index contributed by atoms with van der Waals surface area (Å²) in [5.74, 6) is 0.160. The molecule has 1 aromatic carbocycles. The van der Waals surface area contributed by atoms with Crippen LogP contribution in [0.3, 0.4) is 0 Å². The van der Waals surface area contributed by atoms with E-state index in [1.807, 2.05) is 18.2 Å². The number of amides is 1. The van der Waals surface area contributed by atoms with Gasteiger partial charge in [-0.3, -0.25) is 4.79 Å². The predicted molar refractivity (Wildman–Crippen MR) is 102 cm³/mol. The fourth-order valence-corrected chi connectivity index (χ4v) is 5.51. The Balaban J connectivity index is 1.46. The van der Waals surface area contributed by atoms with E-state index in [1.165, 1.54) is 5.56 Å². The summed E-state index contributed by atoms with van der Waals surface area (Å²) in [6.45, 7) is 2.70. The molecule has 2 heterocycles. The van der Waals surface area contributed by atoms with Crippen LogP contribution in [0.1, 0.15) is 37.7 Å². The van der Waals surface area contributed by atoms with Crippen molar-refractivity contribution in [2.24, 2.45) is 0 Å². The molecular formula is C20H24N2O4S. The second kappa shape index (κ2) is 7.22. The van der Waals surface area contributed by atoms with Gasteiger partial charge in [0.2, 0.25) is 10.0 Å². The van der Waals surface area contributed by atoms with Gasteiger partial charge in [-0.1, -0.05) is 36.4 Å². The molecule has 144 valence electrons. The lowest BCUT2D eigenvalue weighted by Crippen LogP contribution is -2.47. The standard InChI is InChI=1S/C20H24N2O4S/c1-14-20(23)21-18-13-17(7-8-19(18)26-14)27(24,25)22-11-9-16(10-12-22)15-5-3-2-4-6-15/h2-7,13-14,16,19H,8-12H2,1H3,(H,21,23). The number of ether oxygens (including phenoxy) is 1. The average Bonchev–Trinajstić information content (AvgIpc) is 2.69. The molecule has 0 spiro atoms. The second-order valence-electron chi connectivity index (χ2n) is 7.29. The minimum absolute atomic E-state index is 0.236. The lowest BCUT2D eigenvalue weighted by Gasteiger charge is -2.34. The van der Waals surface area contributed by atoms with Crippen LogP contribution in [-0.2, 0) is 19.6 Å². The minimum Gasteiger partial charge on any atom is -0.359 e. The van der Waals surface area contributed by atoms with E-state index in [0.29, 0.717) is 31.1 Å². The summed E-state index contributed by atoms with van der Waals surface area (Å²) in [5.41, 5.74) is 1.81. The van der Waals surface area contributed by atoms with Gasteiger partial charge in [-0.15, -0.1) is 0 Å². The van der Waals surface area contributed by atoms with E-state index in [2.05, 4.69) is 17.4 Å². The first-order chi connectivity index (χ1) is 12.9. The first-order valence-electron chi connectivity index (χ1n) is 9.38. The Morgan fingerprint density at radius 2 is 1.85 bits per heavy atom. The third kappa shape index (κ3) is 3.59. The molecule has 2 fully saturated rings. The van der Waals surface area contributed by atoms with Crippen molar-refractivity contribution in [2.75, 3.05) is 13.1 Å². The molecule has 0 radical (unpaired) electrons. The summed E-state index contributed by atoms with van der Waals surface area (Å²) in [6, 6.07) is 10.3. The summed E-state index contributed by atoms with van der Waals surface area (Å²) in [6.07, 6.45) is 4.54. The van der Waals surface area contributed by atoms with Crippen molar-refractivity contribution in [1.29, 1.82) is 0 Å². The van der Waals surface area contributed by atoms with Crippen LogP contribution < -0.4 is 5.32 Å². The zero-order chi connectivity index (χ0) is 19.0. The minimum atomic E-state index is -3.56. The summed E-state index contributed by atoms with van der Waals surface area (Å²) in [4.78, 5) is 12.1. The van der Waals surface area contributed by atoms with E-state index >= 15 is 0 Å². The van der Waals surface area contributed by atoms with E-state index in [1.54, 1.807) is 23.4 Å². The third-order valence-electron chi connectivity index (χ3n) is 5.55. The van der Waals surface area contributed by atoms with Gasteiger partial charge in [0.25, 0.3) is 5.91 Å². The summed E-state index contributed by atoms with van der Waals surface area (Å²) >= 11 is 0. The van der Waals surface area contributed by atoms with E-state index < -0.39 is 16.1 Å². The van der Waals surface area contributed by atoms with Gasteiger partial charge < -0.3 is 10.1 Å². The number of nitrogens with one attached hydrogen (secondary N) is 1. The molecule has 1 aromatic rings. The maximum Gasteiger partial charge on any atom is 0.253 e. The number of hydrogen-bond donors (Lipinski definition) is 1. The van der Waals surface area contributed by atoms with Crippen molar-refractivity contribution in [3.63, 3.8) is 0 Å². The van der Waals surface area contributed by atoms with Gasteiger partial charge in [0.05, 0.1) is 4.91 Å². The van der Waals surface area contributed by atoms with Gasteiger partial charge >= 0.3 is 0 Å². The highest BCUT2D eigenvalue weighted by atomic mass is 32.2. The van der Waals surface area contributed by atoms with Crippen molar-refractivity contribution in [3.05, 3.63) is 58.6 Å².